The number of nitrogens with one attached hydrogen (secondary N) is 1. The molecule has 0 saturated carbocycles. The number of benzene rings is 1. The van der Waals surface area contributed by atoms with Gasteiger partial charge in [0.1, 0.15) is 5.60 Å². The van der Waals surface area contributed by atoms with E-state index in [4.69, 9.17) is 4.74 Å². The summed E-state index contributed by atoms with van der Waals surface area (Å²) in [6.07, 6.45) is -0.442. The molecule has 5 heteroatoms. The van der Waals surface area contributed by atoms with E-state index in [1.165, 1.54) is 4.90 Å². The van der Waals surface area contributed by atoms with Crippen molar-refractivity contribution in [2.75, 3.05) is 13.6 Å². The normalized spacial score (nSPS) is 11.7. The van der Waals surface area contributed by atoms with Gasteiger partial charge in [0.2, 0.25) is 0 Å². The van der Waals surface area contributed by atoms with Gasteiger partial charge in [-0.15, -0.1) is 0 Å². The Morgan fingerprint density at radius 2 is 1.87 bits per heavy atom. The number of carbonyl (C=O) groups excluding carboxylic acids is 2. The highest BCUT2D eigenvalue weighted by atomic mass is 16.6. The lowest BCUT2D eigenvalue weighted by molar-refractivity contribution is -0.115. The highest BCUT2D eigenvalue weighted by molar-refractivity contribution is 5.93. The molecule has 2 amide bonds. The van der Waals surface area contributed by atoms with Gasteiger partial charge in [0.05, 0.1) is 6.04 Å². The van der Waals surface area contributed by atoms with Gasteiger partial charge in [0.15, 0.2) is 0 Å². The predicted octanol–water partition coefficient (Wildman–Crippen LogP) is 2.73. The number of carbonyl (C=O) groups is 2. The van der Waals surface area contributed by atoms with Crippen molar-refractivity contribution >= 4 is 12.0 Å². The molecule has 0 fully saturated rings. The van der Waals surface area contributed by atoms with E-state index in [0.29, 0.717) is 0 Å². The van der Waals surface area contributed by atoms with Crippen LogP contribution in [0.3, 0.4) is 0 Å². The summed E-state index contributed by atoms with van der Waals surface area (Å²) in [5, 5.41) is 2.72. The Labute approximate surface area is 138 Å². The average Bonchev–Trinajstić information content (AvgIpc) is 2.47. The molecule has 0 spiro atoms. The van der Waals surface area contributed by atoms with Gasteiger partial charge in [-0.05, 0) is 39.2 Å². The van der Waals surface area contributed by atoms with Crippen LogP contribution in [0.25, 0.3) is 0 Å². The van der Waals surface area contributed by atoms with Crippen molar-refractivity contribution in [1.29, 1.82) is 0 Å². The van der Waals surface area contributed by atoms with Gasteiger partial charge in [0.25, 0.3) is 5.91 Å². The molecule has 1 aromatic rings. The molecule has 0 saturated heterocycles. The summed E-state index contributed by atoms with van der Waals surface area (Å²) in [6, 6.07) is 9.15. The van der Waals surface area contributed by atoms with Crippen molar-refractivity contribution in [3.63, 3.8) is 0 Å². The van der Waals surface area contributed by atoms with Crippen LogP contribution in [0.1, 0.15) is 39.3 Å². The average molecular weight is 316 g/mol. The highest BCUT2D eigenvalue weighted by Crippen LogP contribution is 2.21. The number of ether oxygens (including phenoxy) is 1. The van der Waals surface area contributed by atoms with Crippen LogP contribution in [0.4, 0.5) is 4.79 Å². The number of amides is 2. The van der Waals surface area contributed by atoms with Gasteiger partial charge in [-0.2, -0.15) is 0 Å². The van der Waals surface area contributed by atoms with Crippen LogP contribution in [0.2, 0.25) is 0 Å². The molecule has 23 heavy (non-hydrogen) atoms. The van der Waals surface area contributed by atoms with Crippen LogP contribution in [-0.2, 0) is 9.53 Å². The summed E-state index contributed by atoms with van der Waals surface area (Å²) in [5.74, 6) is 4.60. The predicted molar refractivity (Wildman–Crippen MR) is 89.6 cm³/mol. The van der Waals surface area contributed by atoms with Crippen molar-refractivity contribution in [2.24, 2.45) is 0 Å². The van der Waals surface area contributed by atoms with Gasteiger partial charge in [0, 0.05) is 13.6 Å². The molecule has 1 rings (SSSR count). The fraction of sp³-hybridized carbons (Fsp3) is 0.444. The fourth-order valence-electron chi connectivity index (χ4n) is 1.96. The van der Waals surface area contributed by atoms with Crippen molar-refractivity contribution in [3.8, 4) is 11.8 Å². The summed E-state index contributed by atoms with van der Waals surface area (Å²) < 4.78 is 5.40. The maximum Gasteiger partial charge on any atom is 0.410 e. The number of rotatable bonds is 4. The van der Waals surface area contributed by atoms with Crippen LogP contribution in [0.5, 0.6) is 0 Å². The Kier molecular flexibility index (Phi) is 6.65. The molecule has 0 radical (unpaired) electrons. The molecule has 1 aromatic carbocycles. The van der Waals surface area contributed by atoms with Crippen molar-refractivity contribution in [2.45, 2.75) is 39.3 Å². The zero-order chi connectivity index (χ0) is 17.5. The number of nitrogens with zero attached hydrogens (tertiary/aromatic N) is 1. The van der Waals surface area contributed by atoms with E-state index in [-0.39, 0.29) is 18.5 Å². The Hall–Kier alpha value is -2.48. The lowest BCUT2D eigenvalue weighted by atomic mass is 10.1. The maximum atomic E-state index is 12.3. The highest BCUT2D eigenvalue weighted by Gasteiger charge is 2.26. The molecule has 1 atom stereocenters. The second kappa shape index (κ2) is 8.23. The third-order valence-corrected chi connectivity index (χ3v) is 3.03. The smallest absolute Gasteiger partial charge is 0.410 e. The Morgan fingerprint density at radius 1 is 1.26 bits per heavy atom. The summed E-state index contributed by atoms with van der Waals surface area (Å²) in [6.45, 7) is 7.30. The quantitative estimate of drug-likeness (QED) is 0.869. The second-order valence-electron chi connectivity index (χ2n) is 6.10. The monoisotopic (exact) mass is 316 g/mol. The summed E-state index contributed by atoms with van der Waals surface area (Å²) in [7, 11) is 1.66. The molecular weight excluding hydrogens is 292 g/mol. The van der Waals surface area contributed by atoms with Gasteiger partial charge >= 0.3 is 6.09 Å². The largest absolute Gasteiger partial charge is 0.444 e. The van der Waals surface area contributed by atoms with Crippen molar-refractivity contribution in [3.05, 3.63) is 35.9 Å². The first-order valence-electron chi connectivity index (χ1n) is 7.46. The molecular formula is C18H24N2O3. The van der Waals surface area contributed by atoms with Crippen molar-refractivity contribution < 1.29 is 14.3 Å². The Morgan fingerprint density at radius 3 is 2.39 bits per heavy atom. The molecule has 1 unspecified atom stereocenters. The van der Waals surface area contributed by atoms with E-state index < -0.39 is 11.7 Å². The third kappa shape index (κ3) is 6.43. The van der Waals surface area contributed by atoms with E-state index in [1.54, 1.807) is 14.0 Å². The molecule has 0 bridgehead atoms. The van der Waals surface area contributed by atoms with E-state index in [0.717, 1.165) is 5.56 Å². The Balaban J connectivity index is 2.92. The first-order valence-corrected chi connectivity index (χ1v) is 7.46. The third-order valence-electron chi connectivity index (χ3n) is 3.03. The number of likely N-dealkylation sites (N-methyl/N-ethyl adjacent to an activating group) is 1. The summed E-state index contributed by atoms with van der Waals surface area (Å²) >= 11 is 0. The Bertz CT molecular complexity index is 594. The van der Waals surface area contributed by atoms with Crippen molar-refractivity contribution in [1.82, 2.24) is 10.2 Å². The first-order chi connectivity index (χ1) is 10.7. The van der Waals surface area contributed by atoms with Crippen LogP contribution in [0.15, 0.2) is 30.3 Å². The molecule has 0 aliphatic rings. The molecule has 5 nitrogen and oxygen atoms in total. The minimum Gasteiger partial charge on any atom is -0.444 e. The van der Waals surface area contributed by atoms with Gasteiger partial charge < -0.3 is 15.0 Å². The second-order valence-corrected chi connectivity index (χ2v) is 6.10. The number of hydrogen-bond acceptors (Lipinski definition) is 3. The van der Waals surface area contributed by atoms with Crippen LogP contribution < -0.4 is 5.32 Å². The number of hydrogen-bond donors (Lipinski definition) is 1. The van der Waals surface area contributed by atoms with Crippen LogP contribution >= 0.6 is 0 Å². The molecule has 0 aliphatic heterocycles. The summed E-state index contributed by atoms with van der Waals surface area (Å²) in [5.41, 5.74) is 0.328. The van der Waals surface area contributed by atoms with E-state index in [2.05, 4.69) is 17.2 Å². The van der Waals surface area contributed by atoms with E-state index in [9.17, 15) is 9.59 Å². The molecule has 0 aliphatic carbocycles. The van der Waals surface area contributed by atoms with Gasteiger partial charge in [-0.1, -0.05) is 36.3 Å². The molecule has 1 N–H and O–H groups in total. The zero-order valence-electron chi connectivity index (χ0n) is 14.3. The summed E-state index contributed by atoms with van der Waals surface area (Å²) in [4.78, 5) is 25.4. The molecule has 0 heterocycles. The van der Waals surface area contributed by atoms with Crippen LogP contribution in [0, 0.1) is 11.8 Å². The fourth-order valence-corrected chi connectivity index (χ4v) is 1.96. The maximum absolute atomic E-state index is 12.3. The minimum absolute atomic E-state index is 0.257. The van der Waals surface area contributed by atoms with Gasteiger partial charge in [-0.3, -0.25) is 4.79 Å². The lowest BCUT2D eigenvalue weighted by Gasteiger charge is -2.31. The van der Waals surface area contributed by atoms with E-state index in [1.807, 2.05) is 51.1 Å². The standard InChI is InChI=1S/C18H24N2O3/c1-6-10-16(21)19-13-15(14-11-8-7-9-12-14)20(5)17(22)23-18(2,3)4/h7-9,11-12,15H,13H2,1-5H3,(H,19,21). The van der Waals surface area contributed by atoms with Gasteiger partial charge in [-0.25, -0.2) is 4.79 Å². The van der Waals surface area contributed by atoms with Crippen LogP contribution in [-0.4, -0.2) is 36.1 Å². The zero-order valence-corrected chi connectivity index (χ0v) is 14.3. The lowest BCUT2D eigenvalue weighted by Crippen LogP contribution is -2.41. The first kappa shape index (κ1) is 18.6. The SMILES string of the molecule is CC#CC(=O)NCC(c1ccccc1)N(C)C(=O)OC(C)(C)C. The topological polar surface area (TPSA) is 58.6 Å². The van der Waals surface area contributed by atoms with E-state index >= 15 is 0 Å². The molecule has 124 valence electrons. The molecule has 0 aromatic heterocycles. The minimum atomic E-state index is -0.580.